The highest BCUT2D eigenvalue weighted by Gasteiger charge is 2.28. The normalized spacial score (nSPS) is 17.0. The summed E-state index contributed by atoms with van der Waals surface area (Å²) in [7, 11) is 0. The van der Waals surface area contributed by atoms with Gasteiger partial charge in [0.15, 0.2) is 0 Å². The lowest BCUT2D eigenvalue weighted by Gasteiger charge is -2.15. The van der Waals surface area contributed by atoms with E-state index >= 15 is 0 Å². The molecule has 41 heavy (non-hydrogen) atoms. The van der Waals surface area contributed by atoms with E-state index in [1.807, 2.05) is 16.9 Å². The van der Waals surface area contributed by atoms with Crippen molar-refractivity contribution in [2.24, 2.45) is 5.92 Å². The van der Waals surface area contributed by atoms with Crippen molar-refractivity contribution in [3.8, 4) is 11.3 Å². The van der Waals surface area contributed by atoms with E-state index < -0.39 is 0 Å². The van der Waals surface area contributed by atoms with Gasteiger partial charge in [0.25, 0.3) is 0 Å². The molecule has 8 nitrogen and oxygen atoms in total. The molecule has 3 heterocycles. The van der Waals surface area contributed by atoms with Crippen LogP contribution < -0.4 is 16.4 Å². The summed E-state index contributed by atoms with van der Waals surface area (Å²) in [5.41, 5.74) is 11.8. The first kappa shape index (κ1) is 27.2. The maximum Gasteiger partial charge on any atom is 0.146 e. The summed E-state index contributed by atoms with van der Waals surface area (Å²) in [5.74, 6) is 1.17. The van der Waals surface area contributed by atoms with E-state index in [-0.39, 0.29) is 0 Å². The molecule has 0 radical (unpaired) electrons. The number of anilines is 1. The maximum atomic E-state index is 6.40. The average Bonchev–Trinajstić information content (AvgIpc) is 3.75. The van der Waals surface area contributed by atoms with Crippen LogP contribution in [0.5, 0.6) is 0 Å². The van der Waals surface area contributed by atoms with Crippen molar-refractivity contribution in [1.29, 1.82) is 0 Å². The topological polar surface area (TPSA) is 98.6 Å². The zero-order valence-corrected chi connectivity index (χ0v) is 23.6. The monoisotopic (exact) mass is 548 g/mol. The van der Waals surface area contributed by atoms with Gasteiger partial charge in [0.2, 0.25) is 0 Å². The molecular weight excluding hydrogens is 508 g/mol. The molecule has 1 aliphatic rings. The van der Waals surface area contributed by atoms with Crippen LogP contribution in [0.4, 0.5) is 5.82 Å². The third-order valence-corrected chi connectivity index (χ3v) is 8.22. The number of nitrogens with one attached hydrogen (secondary N) is 2. The number of aromatic nitrogens is 5. The Bertz CT molecular complexity index is 1530. The van der Waals surface area contributed by atoms with Gasteiger partial charge in [-0.2, -0.15) is 5.10 Å². The predicted octanol–water partition coefficient (Wildman–Crippen LogP) is 5.08. The van der Waals surface area contributed by atoms with Crippen LogP contribution in [0.2, 0.25) is 0 Å². The molecule has 1 aliphatic carbocycles. The molecule has 2 atom stereocenters. The maximum absolute atomic E-state index is 6.40. The van der Waals surface area contributed by atoms with Gasteiger partial charge in [0.1, 0.15) is 17.8 Å². The van der Waals surface area contributed by atoms with Gasteiger partial charge in [0, 0.05) is 24.0 Å². The zero-order valence-electron chi connectivity index (χ0n) is 23.6. The fraction of sp³-hybridized carbons (Fsp3) is 0.364. The molecule has 5 aromatic rings. The quantitative estimate of drug-likeness (QED) is 0.178. The van der Waals surface area contributed by atoms with Crippen LogP contribution in [-0.2, 0) is 13.0 Å². The number of fused-ring (bicyclic) bond motifs is 1. The third-order valence-electron chi connectivity index (χ3n) is 8.22. The van der Waals surface area contributed by atoms with Crippen LogP contribution in [0, 0.1) is 5.92 Å². The Morgan fingerprint density at radius 1 is 0.854 bits per heavy atom. The summed E-state index contributed by atoms with van der Waals surface area (Å²) < 4.78 is 4.31. The van der Waals surface area contributed by atoms with Gasteiger partial charge < -0.3 is 20.9 Å². The van der Waals surface area contributed by atoms with E-state index in [1.165, 1.54) is 17.5 Å². The van der Waals surface area contributed by atoms with Crippen molar-refractivity contribution in [3.63, 3.8) is 0 Å². The number of nitrogens with two attached hydrogens (primary N) is 1. The lowest BCUT2D eigenvalue weighted by molar-refractivity contribution is 0.452. The Labute approximate surface area is 242 Å². The van der Waals surface area contributed by atoms with Crippen LogP contribution in [0.25, 0.3) is 22.3 Å². The highest BCUT2D eigenvalue weighted by molar-refractivity contribution is 5.99. The van der Waals surface area contributed by atoms with Gasteiger partial charge in [-0.25, -0.2) is 9.97 Å². The molecule has 2 aromatic carbocycles. The largest absolute Gasteiger partial charge is 0.383 e. The smallest absolute Gasteiger partial charge is 0.146 e. The van der Waals surface area contributed by atoms with Crippen LogP contribution in [0.3, 0.4) is 0 Å². The minimum absolute atomic E-state index is 0.401. The molecule has 0 aliphatic heterocycles. The number of hydrogen-bond donors (Lipinski definition) is 3. The fourth-order valence-electron chi connectivity index (χ4n) is 6.08. The van der Waals surface area contributed by atoms with Gasteiger partial charge in [0.05, 0.1) is 17.6 Å². The van der Waals surface area contributed by atoms with Crippen molar-refractivity contribution < 1.29 is 0 Å². The van der Waals surface area contributed by atoms with Crippen LogP contribution in [-0.4, -0.2) is 50.5 Å². The lowest BCUT2D eigenvalue weighted by atomic mass is 10.1. The summed E-state index contributed by atoms with van der Waals surface area (Å²) in [6.45, 7) is 4.92. The van der Waals surface area contributed by atoms with Crippen molar-refractivity contribution in [1.82, 2.24) is 34.9 Å². The van der Waals surface area contributed by atoms with E-state index in [4.69, 9.17) is 10.8 Å². The fourth-order valence-corrected chi connectivity index (χ4v) is 6.08. The Morgan fingerprint density at radius 3 is 2.46 bits per heavy atom. The summed E-state index contributed by atoms with van der Waals surface area (Å²) in [5, 5.41) is 13.1. The highest BCUT2D eigenvalue weighted by atomic mass is 15.3. The van der Waals surface area contributed by atoms with Gasteiger partial charge in [-0.1, -0.05) is 60.7 Å². The number of nitrogens with zero attached hydrogens (tertiary/aromatic N) is 5. The van der Waals surface area contributed by atoms with Crippen LogP contribution in [0.15, 0.2) is 85.5 Å². The molecule has 3 aromatic heterocycles. The Balaban J connectivity index is 1.03. The molecule has 4 N–H and O–H groups in total. The van der Waals surface area contributed by atoms with Gasteiger partial charge in [-0.3, -0.25) is 4.68 Å². The lowest BCUT2D eigenvalue weighted by Crippen LogP contribution is -2.26. The number of rotatable bonds is 13. The molecule has 1 fully saturated rings. The highest BCUT2D eigenvalue weighted by Crippen LogP contribution is 2.40. The second-order valence-electron chi connectivity index (χ2n) is 11.2. The minimum atomic E-state index is 0.401. The molecule has 6 rings (SSSR count). The van der Waals surface area contributed by atoms with Gasteiger partial charge >= 0.3 is 0 Å². The number of hydrogen-bond acceptors (Lipinski definition) is 6. The van der Waals surface area contributed by atoms with Crippen molar-refractivity contribution >= 4 is 16.9 Å². The minimum Gasteiger partial charge on any atom is -0.383 e. The van der Waals surface area contributed by atoms with Crippen molar-refractivity contribution in [2.45, 2.75) is 44.7 Å². The van der Waals surface area contributed by atoms with E-state index in [9.17, 15) is 0 Å². The van der Waals surface area contributed by atoms with E-state index in [0.717, 1.165) is 80.7 Å². The molecular formula is C33H40N8. The molecule has 2 unspecified atom stereocenters. The number of benzene rings is 2. The summed E-state index contributed by atoms with van der Waals surface area (Å²) >= 11 is 0. The Kier molecular flexibility index (Phi) is 8.68. The first-order chi connectivity index (χ1) is 20.2. The van der Waals surface area contributed by atoms with Crippen molar-refractivity contribution in [2.75, 3.05) is 31.9 Å². The summed E-state index contributed by atoms with van der Waals surface area (Å²) in [6, 6.07) is 23.5. The van der Waals surface area contributed by atoms with Gasteiger partial charge in [-0.05, 0) is 81.4 Å². The first-order valence-corrected chi connectivity index (χ1v) is 14.9. The molecule has 0 amide bonds. The standard InChI is InChI=1S/C33H40N8/c34-32-31-29(30-15-19-40(39-30)22-26-10-5-2-6-11-26)23-41(33(31)38-24-37-32)28-13-12-27(20-28)21-36-17-7-16-35-18-14-25-8-3-1-4-9-25/h1-6,8-11,15,19,23-24,27-28,35-36H,7,12-14,16-18,20-22H2,(H2,34,37,38). The SMILES string of the molecule is Nc1ncnc2c1c(-c1ccn(Cc3ccccc3)n1)cn2C1CCC(CNCCCNCCc2ccccc2)C1. The average molecular weight is 549 g/mol. The molecule has 1 saturated carbocycles. The van der Waals surface area contributed by atoms with Crippen LogP contribution in [0.1, 0.15) is 42.9 Å². The van der Waals surface area contributed by atoms with Crippen molar-refractivity contribution in [3.05, 3.63) is 96.6 Å². The predicted molar refractivity (Wildman–Crippen MR) is 166 cm³/mol. The zero-order chi connectivity index (χ0) is 27.9. The van der Waals surface area contributed by atoms with E-state index in [2.05, 4.69) is 92.0 Å². The first-order valence-electron chi connectivity index (χ1n) is 14.9. The molecule has 0 bridgehead atoms. The van der Waals surface area contributed by atoms with Gasteiger partial charge in [-0.15, -0.1) is 0 Å². The van der Waals surface area contributed by atoms with E-state index in [0.29, 0.717) is 17.8 Å². The molecule has 0 spiro atoms. The second-order valence-corrected chi connectivity index (χ2v) is 11.2. The second kappa shape index (κ2) is 13.1. The Morgan fingerprint density at radius 2 is 1.63 bits per heavy atom. The molecule has 0 saturated heterocycles. The van der Waals surface area contributed by atoms with E-state index in [1.54, 1.807) is 6.33 Å². The summed E-state index contributed by atoms with van der Waals surface area (Å²) in [4.78, 5) is 9.00. The number of nitrogen functional groups attached to an aromatic ring is 1. The molecule has 8 heteroatoms. The molecule has 212 valence electrons. The Hall–Kier alpha value is -4.01. The third kappa shape index (κ3) is 6.66. The van der Waals surface area contributed by atoms with Crippen LogP contribution >= 0.6 is 0 Å². The summed E-state index contributed by atoms with van der Waals surface area (Å²) in [6.07, 6.45) is 11.5.